The number of aliphatic hydroxyl groups is 1. The molecule has 4 N–H and O–H groups in total. The maximum atomic E-state index is 12.8. The molecule has 220 valence electrons. The Morgan fingerprint density at radius 2 is 1.78 bits per heavy atom. The predicted octanol–water partition coefficient (Wildman–Crippen LogP) is 5.36. The Balaban J connectivity index is 1.10. The summed E-state index contributed by atoms with van der Waals surface area (Å²) in [6.45, 7) is 0.757. The monoisotopic (exact) mass is 570 g/mol. The van der Waals surface area contributed by atoms with Gasteiger partial charge in [-0.3, -0.25) is 0 Å². The van der Waals surface area contributed by atoms with E-state index in [0.29, 0.717) is 40.9 Å². The molecule has 8 nitrogen and oxygen atoms in total. The topological polar surface area (TPSA) is 115 Å². The fraction of sp³-hybridized carbons (Fsp3) is 0.633. The molecule has 1 aromatic carbocycles. The molecular weight excluding hydrogens is 533 g/mol. The Morgan fingerprint density at radius 3 is 2.49 bits per heavy atom. The summed E-state index contributed by atoms with van der Waals surface area (Å²) in [6, 6.07) is 9.14. The molecule has 0 saturated heterocycles. The Kier molecular flexibility index (Phi) is 7.72. The first-order valence-corrected chi connectivity index (χ1v) is 14.7. The van der Waals surface area contributed by atoms with Gasteiger partial charge in [0.2, 0.25) is 5.95 Å². The number of benzene rings is 1. The van der Waals surface area contributed by atoms with Crippen molar-refractivity contribution in [2.75, 3.05) is 17.2 Å². The van der Waals surface area contributed by atoms with Gasteiger partial charge in [0.1, 0.15) is 23.2 Å². The summed E-state index contributed by atoms with van der Waals surface area (Å²) in [4.78, 5) is 8.73. The maximum absolute atomic E-state index is 12.8. The molecule has 4 bridgehead atoms. The number of aromatic nitrogens is 2. The molecule has 1 unspecified atom stereocenters. The summed E-state index contributed by atoms with van der Waals surface area (Å²) in [5.41, 5.74) is 0.810. The zero-order chi connectivity index (χ0) is 28.6. The number of anilines is 2. The van der Waals surface area contributed by atoms with Gasteiger partial charge in [-0.25, -0.2) is 4.98 Å². The number of ether oxygens (including phenoxy) is 1. The smallest absolute Gasteiger partial charge is 0.405 e. The van der Waals surface area contributed by atoms with Crippen LogP contribution in [0.1, 0.15) is 68.9 Å². The molecule has 0 radical (unpaired) electrons. The molecule has 0 aliphatic heterocycles. The van der Waals surface area contributed by atoms with E-state index in [9.17, 15) is 23.5 Å². The fourth-order valence-electron chi connectivity index (χ4n) is 8.20. The number of para-hydroxylation sites is 1. The second-order valence-electron chi connectivity index (χ2n) is 12.6. The van der Waals surface area contributed by atoms with Crippen LogP contribution in [0.25, 0.3) is 0 Å². The van der Waals surface area contributed by atoms with E-state index < -0.39 is 6.36 Å². The van der Waals surface area contributed by atoms with E-state index in [-0.39, 0.29) is 29.8 Å². The number of alkyl halides is 3. The minimum Gasteiger partial charge on any atom is -0.405 e. The summed E-state index contributed by atoms with van der Waals surface area (Å²) in [5.74, 6) is 2.41. The minimum absolute atomic E-state index is 0.0287. The first kappa shape index (κ1) is 28.0. The summed E-state index contributed by atoms with van der Waals surface area (Å²) >= 11 is 0. The highest BCUT2D eigenvalue weighted by atomic mass is 19.4. The lowest BCUT2D eigenvalue weighted by molar-refractivity contribution is -0.274. The van der Waals surface area contributed by atoms with Crippen molar-refractivity contribution >= 4 is 11.8 Å². The molecule has 5 aliphatic carbocycles. The van der Waals surface area contributed by atoms with Gasteiger partial charge in [0.25, 0.3) is 0 Å². The highest BCUT2D eigenvalue weighted by Gasteiger charge is 2.55. The van der Waals surface area contributed by atoms with Gasteiger partial charge in [-0.05, 0) is 87.0 Å². The Labute approximate surface area is 238 Å². The van der Waals surface area contributed by atoms with Crippen molar-refractivity contribution in [1.29, 1.82) is 5.26 Å². The van der Waals surface area contributed by atoms with Gasteiger partial charge in [-0.15, -0.1) is 13.2 Å². The Bertz CT molecular complexity index is 1260. The van der Waals surface area contributed by atoms with Crippen LogP contribution in [-0.2, 0) is 6.54 Å². The third kappa shape index (κ3) is 6.38. The quantitative estimate of drug-likeness (QED) is 0.319. The van der Waals surface area contributed by atoms with Crippen molar-refractivity contribution in [2.45, 2.75) is 88.9 Å². The van der Waals surface area contributed by atoms with Crippen LogP contribution in [-0.4, -0.2) is 46.2 Å². The molecule has 11 heteroatoms. The first-order chi connectivity index (χ1) is 19.7. The summed E-state index contributed by atoms with van der Waals surface area (Å²) in [6.07, 6.45) is 6.42. The average Bonchev–Trinajstić information content (AvgIpc) is 2.93. The van der Waals surface area contributed by atoms with Crippen LogP contribution in [0.3, 0.4) is 0 Å². The van der Waals surface area contributed by atoms with Crippen LogP contribution in [0.4, 0.5) is 24.9 Å². The molecule has 7 rings (SSSR count). The number of aliphatic hydroxyl groups excluding tert-OH is 1. The number of nitrogens with one attached hydrogen (secondary N) is 3. The maximum Gasteiger partial charge on any atom is 0.573 e. The molecule has 0 spiro atoms. The van der Waals surface area contributed by atoms with Gasteiger partial charge in [-0.1, -0.05) is 18.2 Å². The summed E-state index contributed by atoms with van der Waals surface area (Å²) in [5, 5.41) is 30.0. The molecule has 5 aliphatic rings. The fourth-order valence-corrected chi connectivity index (χ4v) is 8.20. The SMILES string of the molecule is N#Cc1cnc(NCc2ccccc2OC(F)(F)F)nc1NC[C@@]12CC3C[C@H](C1)[C@@H](N[C@H]1CC[C@H](O)CC1)[C@@H](C3)C2. The highest BCUT2D eigenvalue weighted by Crippen LogP contribution is 2.60. The molecule has 2 aromatic rings. The lowest BCUT2D eigenvalue weighted by Crippen LogP contribution is -2.61. The van der Waals surface area contributed by atoms with Gasteiger partial charge >= 0.3 is 6.36 Å². The van der Waals surface area contributed by atoms with Gasteiger partial charge in [0.05, 0.1) is 12.3 Å². The first-order valence-electron chi connectivity index (χ1n) is 14.7. The number of hydrogen-bond acceptors (Lipinski definition) is 8. The molecule has 1 heterocycles. The highest BCUT2D eigenvalue weighted by molar-refractivity contribution is 5.53. The third-order valence-corrected chi connectivity index (χ3v) is 9.70. The van der Waals surface area contributed by atoms with E-state index in [2.05, 4.69) is 36.7 Å². The lowest BCUT2D eigenvalue weighted by atomic mass is 9.47. The Morgan fingerprint density at radius 1 is 1.05 bits per heavy atom. The van der Waals surface area contributed by atoms with E-state index in [0.717, 1.165) is 51.0 Å². The lowest BCUT2D eigenvalue weighted by Gasteiger charge is -2.61. The summed E-state index contributed by atoms with van der Waals surface area (Å²) in [7, 11) is 0. The summed E-state index contributed by atoms with van der Waals surface area (Å²) < 4.78 is 42.5. The molecule has 5 fully saturated rings. The van der Waals surface area contributed by atoms with Crippen LogP contribution in [0.5, 0.6) is 5.75 Å². The number of nitriles is 1. The van der Waals surface area contributed by atoms with Gasteiger partial charge in [0, 0.05) is 30.7 Å². The van der Waals surface area contributed by atoms with Gasteiger partial charge in [-0.2, -0.15) is 10.2 Å². The van der Waals surface area contributed by atoms with Crippen molar-refractivity contribution in [3.63, 3.8) is 0 Å². The van der Waals surface area contributed by atoms with Crippen molar-refractivity contribution in [3.8, 4) is 11.8 Å². The van der Waals surface area contributed by atoms with Crippen LogP contribution >= 0.6 is 0 Å². The van der Waals surface area contributed by atoms with E-state index in [1.54, 1.807) is 12.1 Å². The molecule has 0 amide bonds. The normalized spacial score (nSPS) is 32.4. The van der Waals surface area contributed by atoms with Gasteiger partial charge in [0.15, 0.2) is 0 Å². The van der Waals surface area contributed by atoms with Crippen molar-refractivity contribution in [1.82, 2.24) is 15.3 Å². The largest absolute Gasteiger partial charge is 0.573 e. The number of rotatable bonds is 9. The van der Waals surface area contributed by atoms with Crippen molar-refractivity contribution < 1.29 is 23.0 Å². The van der Waals surface area contributed by atoms with Crippen LogP contribution in [0.15, 0.2) is 30.5 Å². The zero-order valence-corrected chi connectivity index (χ0v) is 23.0. The van der Waals surface area contributed by atoms with E-state index in [1.165, 1.54) is 37.6 Å². The average molecular weight is 571 g/mol. The number of nitrogens with zero attached hydrogens (tertiary/aromatic N) is 3. The molecule has 5 saturated carbocycles. The molecule has 41 heavy (non-hydrogen) atoms. The van der Waals surface area contributed by atoms with E-state index in [4.69, 9.17) is 0 Å². The second kappa shape index (κ2) is 11.3. The molecule has 5 atom stereocenters. The number of halogens is 3. The second-order valence-corrected chi connectivity index (χ2v) is 12.6. The van der Waals surface area contributed by atoms with Crippen LogP contribution < -0.4 is 20.7 Å². The van der Waals surface area contributed by atoms with Gasteiger partial charge < -0.3 is 25.8 Å². The predicted molar refractivity (Wildman–Crippen MR) is 147 cm³/mol. The van der Waals surface area contributed by atoms with Crippen LogP contribution in [0, 0.1) is 34.5 Å². The zero-order valence-electron chi connectivity index (χ0n) is 23.0. The number of hydrogen-bond donors (Lipinski definition) is 4. The molecule has 1 aromatic heterocycles. The van der Waals surface area contributed by atoms with Crippen LogP contribution in [0.2, 0.25) is 0 Å². The molecular formula is C30H37F3N6O2. The Hall–Kier alpha value is -3.10. The van der Waals surface area contributed by atoms with Crippen molar-refractivity contribution in [2.24, 2.45) is 23.2 Å². The van der Waals surface area contributed by atoms with E-state index in [1.807, 2.05) is 0 Å². The van der Waals surface area contributed by atoms with E-state index >= 15 is 0 Å². The third-order valence-electron chi connectivity index (χ3n) is 9.70. The minimum atomic E-state index is -4.79. The standard InChI is InChI=1S/C30H37F3N6O2/c31-30(32,33)41-25-4-2-1-3-19(25)15-35-28-36-16-22(14-34)27(39-28)37-17-29-11-18-9-20(12-29)26(21(10-18)13-29)38-23-5-7-24(40)8-6-23/h1-4,16,18,20-21,23-24,26,38,40H,5-13,15,17H2,(H2,35,36,37,39)/t18?,20-,21+,23-,24-,26-,29+. The van der Waals surface area contributed by atoms with Crippen molar-refractivity contribution in [3.05, 3.63) is 41.6 Å².